The van der Waals surface area contributed by atoms with Crippen molar-refractivity contribution in [2.75, 3.05) is 12.8 Å². The summed E-state index contributed by atoms with van der Waals surface area (Å²) in [5.74, 6) is -0.958. The van der Waals surface area contributed by atoms with Crippen molar-refractivity contribution >= 4 is 17.6 Å². The number of nitrogens with two attached hydrogens (primary N) is 1. The first-order valence-corrected chi connectivity index (χ1v) is 5.62. The number of nitrogens with zero attached hydrogens (tertiary/aromatic N) is 2. The largest absolute Gasteiger partial charge is 0.467 e. The maximum Gasteiger partial charge on any atom is 0.328 e. The zero-order valence-electron chi connectivity index (χ0n) is 11.0. The molecule has 7 heteroatoms. The highest BCUT2D eigenvalue weighted by Gasteiger charge is 2.23. The minimum Gasteiger partial charge on any atom is -0.467 e. The van der Waals surface area contributed by atoms with Crippen LogP contribution in [0.25, 0.3) is 0 Å². The topological polar surface area (TPSA) is 99.2 Å². The minimum atomic E-state index is -0.734. The lowest BCUT2D eigenvalue weighted by Crippen LogP contribution is -2.40. The highest BCUT2D eigenvalue weighted by molar-refractivity contribution is 5.99. The van der Waals surface area contributed by atoms with E-state index in [1.54, 1.807) is 7.05 Å². The maximum absolute atomic E-state index is 12.0. The highest BCUT2D eigenvalue weighted by atomic mass is 16.5. The van der Waals surface area contributed by atoms with Gasteiger partial charge >= 0.3 is 5.97 Å². The first kappa shape index (κ1) is 14.0. The summed E-state index contributed by atoms with van der Waals surface area (Å²) in [5, 5.41) is 6.65. The SMILES string of the molecule is CCc1nn(C)c(C(=O)NC(C)C(=O)OC)c1N. The Morgan fingerprint density at radius 2 is 2.17 bits per heavy atom. The number of anilines is 1. The summed E-state index contributed by atoms with van der Waals surface area (Å²) in [6.45, 7) is 3.44. The molecule has 0 aliphatic heterocycles. The Balaban J connectivity index is 2.91. The molecule has 1 amide bonds. The predicted molar refractivity (Wildman–Crippen MR) is 65.9 cm³/mol. The third-order valence-electron chi connectivity index (χ3n) is 2.61. The van der Waals surface area contributed by atoms with Gasteiger partial charge in [0.2, 0.25) is 0 Å². The van der Waals surface area contributed by atoms with Gasteiger partial charge in [0.05, 0.1) is 18.5 Å². The van der Waals surface area contributed by atoms with Crippen molar-refractivity contribution in [2.24, 2.45) is 7.05 Å². The second-order valence-electron chi connectivity index (χ2n) is 3.90. The molecule has 0 aliphatic carbocycles. The van der Waals surface area contributed by atoms with Crippen LogP contribution in [0.5, 0.6) is 0 Å². The number of aryl methyl sites for hydroxylation is 2. The van der Waals surface area contributed by atoms with E-state index in [1.165, 1.54) is 18.7 Å². The fourth-order valence-electron chi connectivity index (χ4n) is 1.63. The molecule has 3 N–H and O–H groups in total. The van der Waals surface area contributed by atoms with E-state index < -0.39 is 17.9 Å². The number of ether oxygens (including phenoxy) is 1. The van der Waals surface area contributed by atoms with Gasteiger partial charge < -0.3 is 15.8 Å². The number of aromatic nitrogens is 2. The maximum atomic E-state index is 12.0. The lowest BCUT2D eigenvalue weighted by Gasteiger charge is -2.11. The summed E-state index contributed by atoms with van der Waals surface area (Å²) in [4.78, 5) is 23.2. The van der Waals surface area contributed by atoms with Crippen LogP contribution in [-0.2, 0) is 23.0 Å². The second kappa shape index (κ2) is 5.52. The summed E-state index contributed by atoms with van der Waals surface area (Å²) < 4.78 is 5.94. The fourth-order valence-corrected chi connectivity index (χ4v) is 1.63. The highest BCUT2D eigenvalue weighted by Crippen LogP contribution is 2.16. The molecule has 0 saturated heterocycles. The number of hydrogen-bond acceptors (Lipinski definition) is 5. The Labute approximate surface area is 105 Å². The quantitative estimate of drug-likeness (QED) is 0.728. The number of nitrogens with one attached hydrogen (secondary N) is 1. The zero-order valence-corrected chi connectivity index (χ0v) is 11.0. The molecular weight excluding hydrogens is 236 g/mol. The molecule has 1 rings (SSSR count). The lowest BCUT2D eigenvalue weighted by molar-refractivity contribution is -0.142. The van der Waals surface area contributed by atoms with Crippen LogP contribution in [0.1, 0.15) is 30.0 Å². The molecule has 0 saturated carbocycles. The van der Waals surface area contributed by atoms with Gasteiger partial charge in [0.15, 0.2) is 0 Å². The van der Waals surface area contributed by atoms with E-state index in [1.807, 2.05) is 6.92 Å². The second-order valence-corrected chi connectivity index (χ2v) is 3.90. The van der Waals surface area contributed by atoms with E-state index >= 15 is 0 Å². The van der Waals surface area contributed by atoms with Gasteiger partial charge in [-0.15, -0.1) is 0 Å². The smallest absolute Gasteiger partial charge is 0.328 e. The zero-order chi connectivity index (χ0) is 13.9. The fraction of sp³-hybridized carbons (Fsp3) is 0.545. The van der Waals surface area contributed by atoms with E-state index in [9.17, 15) is 9.59 Å². The van der Waals surface area contributed by atoms with Crippen LogP contribution in [0, 0.1) is 0 Å². The normalized spacial score (nSPS) is 12.0. The molecular formula is C11H18N4O3. The standard InChI is InChI=1S/C11H18N4O3/c1-5-7-8(12)9(15(3)14-7)10(16)13-6(2)11(17)18-4/h6H,5,12H2,1-4H3,(H,13,16). The Morgan fingerprint density at radius 1 is 1.56 bits per heavy atom. The van der Waals surface area contributed by atoms with Crippen LogP contribution < -0.4 is 11.1 Å². The van der Waals surface area contributed by atoms with Crippen molar-refractivity contribution in [3.8, 4) is 0 Å². The molecule has 0 aromatic carbocycles. The van der Waals surface area contributed by atoms with Gasteiger partial charge in [0, 0.05) is 7.05 Å². The van der Waals surface area contributed by atoms with Crippen molar-refractivity contribution in [1.82, 2.24) is 15.1 Å². The molecule has 0 spiro atoms. The van der Waals surface area contributed by atoms with Crippen molar-refractivity contribution in [2.45, 2.75) is 26.3 Å². The average molecular weight is 254 g/mol. The first-order chi connectivity index (χ1) is 8.42. The molecule has 0 fully saturated rings. The van der Waals surface area contributed by atoms with Crippen LogP contribution in [0.2, 0.25) is 0 Å². The number of carbonyl (C=O) groups excluding carboxylic acids is 2. The van der Waals surface area contributed by atoms with Gasteiger partial charge in [-0.25, -0.2) is 4.79 Å². The Hall–Kier alpha value is -2.05. The minimum absolute atomic E-state index is 0.252. The van der Waals surface area contributed by atoms with Crippen molar-refractivity contribution < 1.29 is 14.3 Å². The van der Waals surface area contributed by atoms with Gasteiger partial charge in [-0.1, -0.05) is 6.92 Å². The number of rotatable bonds is 4. The molecule has 100 valence electrons. The molecule has 0 radical (unpaired) electrons. The molecule has 7 nitrogen and oxygen atoms in total. The Bertz CT molecular complexity index is 467. The summed E-state index contributed by atoms with van der Waals surface area (Å²) >= 11 is 0. The monoisotopic (exact) mass is 254 g/mol. The molecule has 1 aromatic heterocycles. The van der Waals surface area contributed by atoms with E-state index in [-0.39, 0.29) is 5.69 Å². The molecule has 18 heavy (non-hydrogen) atoms. The van der Waals surface area contributed by atoms with Crippen molar-refractivity contribution in [1.29, 1.82) is 0 Å². The Morgan fingerprint density at radius 3 is 2.61 bits per heavy atom. The molecule has 1 unspecified atom stereocenters. The van der Waals surface area contributed by atoms with Crippen LogP contribution >= 0.6 is 0 Å². The van der Waals surface area contributed by atoms with Gasteiger partial charge in [-0.3, -0.25) is 9.48 Å². The number of nitrogen functional groups attached to an aromatic ring is 1. The molecule has 1 atom stereocenters. The van der Waals surface area contributed by atoms with Crippen molar-refractivity contribution in [3.63, 3.8) is 0 Å². The first-order valence-electron chi connectivity index (χ1n) is 5.62. The van der Waals surface area contributed by atoms with E-state index in [2.05, 4.69) is 15.2 Å². The molecule has 0 bridgehead atoms. The third-order valence-corrected chi connectivity index (χ3v) is 2.61. The van der Waals surface area contributed by atoms with Gasteiger partial charge in [0.25, 0.3) is 5.91 Å². The van der Waals surface area contributed by atoms with E-state index in [0.717, 1.165) is 0 Å². The van der Waals surface area contributed by atoms with Gasteiger partial charge in [-0.2, -0.15) is 5.10 Å². The van der Waals surface area contributed by atoms with Gasteiger partial charge in [-0.05, 0) is 13.3 Å². The number of amides is 1. The van der Waals surface area contributed by atoms with Crippen LogP contribution in [0.3, 0.4) is 0 Å². The van der Waals surface area contributed by atoms with Crippen LogP contribution in [0.15, 0.2) is 0 Å². The number of carbonyl (C=O) groups is 2. The third kappa shape index (κ3) is 2.61. The van der Waals surface area contributed by atoms with E-state index in [4.69, 9.17) is 5.73 Å². The number of esters is 1. The van der Waals surface area contributed by atoms with E-state index in [0.29, 0.717) is 17.8 Å². The number of methoxy groups -OCH3 is 1. The lowest BCUT2D eigenvalue weighted by atomic mass is 10.2. The summed E-state index contributed by atoms with van der Waals surface area (Å²) in [6, 6.07) is -0.734. The molecule has 1 heterocycles. The van der Waals surface area contributed by atoms with Crippen molar-refractivity contribution in [3.05, 3.63) is 11.4 Å². The van der Waals surface area contributed by atoms with Gasteiger partial charge in [0.1, 0.15) is 11.7 Å². The summed E-state index contributed by atoms with van der Waals surface area (Å²) in [5.41, 5.74) is 7.09. The summed E-state index contributed by atoms with van der Waals surface area (Å²) in [7, 11) is 2.89. The number of hydrogen-bond donors (Lipinski definition) is 2. The van der Waals surface area contributed by atoms with Crippen LogP contribution in [0.4, 0.5) is 5.69 Å². The molecule has 0 aliphatic rings. The average Bonchev–Trinajstić information content (AvgIpc) is 2.62. The summed E-state index contributed by atoms with van der Waals surface area (Å²) in [6.07, 6.45) is 0.638. The van der Waals surface area contributed by atoms with Crippen LogP contribution in [-0.4, -0.2) is 34.8 Å². The predicted octanol–water partition coefficient (Wildman–Crippen LogP) is -0.144. The molecule has 1 aromatic rings. The Kier molecular flexibility index (Phi) is 4.30.